The number of hydrogen-bond donors (Lipinski definition) is 1. The van der Waals surface area contributed by atoms with Crippen LogP contribution in [-0.2, 0) is 0 Å². The molecule has 0 unspecified atom stereocenters. The Balaban J connectivity index is 1.86. The molecular formula is C19H12F2N2. The standard InChI is InChI=1S/C19H12F2N2/c20-13-5-6-15(17(21)10-13)19-9-12(7-8-22-19)16-11-23-18-4-2-1-3-14(16)18/h1-11,23H. The summed E-state index contributed by atoms with van der Waals surface area (Å²) in [7, 11) is 0. The molecule has 0 aliphatic rings. The van der Waals surface area contributed by atoms with Gasteiger partial charge in [0.1, 0.15) is 11.6 Å². The minimum Gasteiger partial charge on any atom is -0.361 e. The number of nitrogens with one attached hydrogen (secondary N) is 1. The fraction of sp³-hybridized carbons (Fsp3) is 0. The summed E-state index contributed by atoms with van der Waals surface area (Å²) in [5.74, 6) is -1.22. The zero-order valence-corrected chi connectivity index (χ0v) is 12.1. The van der Waals surface area contributed by atoms with E-state index in [2.05, 4.69) is 9.97 Å². The molecule has 0 amide bonds. The lowest BCUT2D eigenvalue weighted by Crippen LogP contribution is -1.90. The Morgan fingerprint density at radius 2 is 1.74 bits per heavy atom. The molecule has 2 aromatic heterocycles. The highest BCUT2D eigenvalue weighted by Gasteiger charge is 2.11. The average molecular weight is 306 g/mol. The Hall–Kier alpha value is -3.01. The van der Waals surface area contributed by atoms with Crippen molar-refractivity contribution in [3.8, 4) is 22.4 Å². The zero-order chi connectivity index (χ0) is 15.8. The molecule has 0 aliphatic carbocycles. The fourth-order valence-corrected chi connectivity index (χ4v) is 2.75. The number of nitrogens with zero attached hydrogens (tertiary/aromatic N) is 1. The van der Waals surface area contributed by atoms with Crippen LogP contribution in [0.15, 0.2) is 67.0 Å². The van der Waals surface area contributed by atoms with E-state index in [9.17, 15) is 8.78 Å². The van der Waals surface area contributed by atoms with Crippen LogP contribution < -0.4 is 0 Å². The van der Waals surface area contributed by atoms with Gasteiger partial charge < -0.3 is 4.98 Å². The molecule has 2 aromatic carbocycles. The normalized spacial score (nSPS) is 11.0. The van der Waals surface area contributed by atoms with Crippen molar-refractivity contribution in [2.75, 3.05) is 0 Å². The molecule has 0 fully saturated rings. The van der Waals surface area contributed by atoms with Gasteiger partial charge in [0.15, 0.2) is 0 Å². The quantitative estimate of drug-likeness (QED) is 0.543. The van der Waals surface area contributed by atoms with Crippen molar-refractivity contribution in [2.45, 2.75) is 0 Å². The first-order valence-corrected chi connectivity index (χ1v) is 7.20. The molecule has 0 atom stereocenters. The smallest absolute Gasteiger partial charge is 0.135 e. The number of H-pyrrole nitrogens is 1. The first-order valence-electron chi connectivity index (χ1n) is 7.20. The maximum atomic E-state index is 14.0. The minimum atomic E-state index is -0.617. The van der Waals surface area contributed by atoms with Crippen LogP contribution in [0, 0.1) is 11.6 Å². The number of benzene rings is 2. The molecular weight excluding hydrogens is 294 g/mol. The predicted molar refractivity (Wildman–Crippen MR) is 86.9 cm³/mol. The van der Waals surface area contributed by atoms with Crippen LogP contribution in [-0.4, -0.2) is 9.97 Å². The van der Waals surface area contributed by atoms with Crippen LogP contribution in [0.2, 0.25) is 0 Å². The van der Waals surface area contributed by atoms with Crippen LogP contribution in [0.3, 0.4) is 0 Å². The summed E-state index contributed by atoms with van der Waals surface area (Å²) < 4.78 is 27.1. The van der Waals surface area contributed by atoms with Gasteiger partial charge in [-0.3, -0.25) is 4.98 Å². The van der Waals surface area contributed by atoms with Gasteiger partial charge in [-0.1, -0.05) is 18.2 Å². The van der Waals surface area contributed by atoms with Crippen molar-refractivity contribution < 1.29 is 8.78 Å². The van der Waals surface area contributed by atoms with Crippen LogP contribution in [0.4, 0.5) is 8.78 Å². The molecule has 4 rings (SSSR count). The summed E-state index contributed by atoms with van der Waals surface area (Å²) >= 11 is 0. The van der Waals surface area contributed by atoms with Crippen LogP contribution in [0.1, 0.15) is 0 Å². The molecule has 2 heterocycles. The monoisotopic (exact) mass is 306 g/mol. The Kier molecular flexibility index (Phi) is 3.15. The van der Waals surface area contributed by atoms with E-state index in [0.717, 1.165) is 28.1 Å². The van der Waals surface area contributed by atoms with E-state index in [-0.39, 0.29) is 5.56 Å². The van der Waals surface area contributed by atoms with Gasteiger partial charge in [0, 0.05) is 40.5 Å². The fourth-order valence-electron chi connectivity index (χ4n) is 2.75. The maximum Gasteiger partial charge on any atom is 0.135 e. The highest BCUT2D eigenvalue weighted by atomic mass is 19.1. The van der Waals surface area contributed by atoms with Crippen LogP contribution >= 0.6 is 0 Å². The van der Waals surface area contributed by atoms with Crippen molar-refractivity contribution in [1.29, 1.82) is 0 Å². The zero-order valence-electron chi connectivity index (χ0n) is 12.1. The highest BCUT2D eigenvalue weighted by Crippen LogP contribution is 2.31. The van der Waals surface area contributed by atoms with Crippen molar-refractivity contribution in [2.24, 2.45) is 0 Å². The molecule has 112 valence electrons. The molecule has 0 spiro atoms. The third-order valence-electron chi connectivity index (χ3n) is 3.87. The summed E-state index contributed by atoms with van der Waals surface area (Å²) in [6, 6.07) is 15.2. The SMILES string of the molecule is Fc1ccc(-c2cc(-c3c[nH]c4ccccc34)ccn2)c(F)c1. The molecule has 0 saturated carbocycles. The van der Waals surface area contributed by atoms with Crippen molar-refractivity contribution in [1.82, 2.24) is 9.97 Å². The highest BCUT2D eigenvalue weighted by molar-refractivity contribution is 5.95. The predicted octanol–water partition coefficient (Wildman–Crippen LogP) is 5.18. The summed E-state index contributed by atoms with van der Waals surface area (Å²) in [5.41, 5.74) is 3.75. The molecule has 0 aliphatic heterocycles. The summed E-state index contributed by atoms with van der Waals surface area (Å²) in [5, 5.41) is 1.09. The summed E-state index contributed by atoms with van der Waals surface area (Å²) in [6.07, 6.45) is 3.56. The van der Waals surface area contributed by atoms with Gasteiger partial charge in [0.05, 0.1) is 5.69 Å². The Morgan fingerprint density at radius 3 is 2.61 bits per heavy atom. The maximum absolute atomic E-state index is 14.0. The molecule has 0 saturated heterocycles. The van der Waals surface area contributed by atoms with E-state index in [1.165, 1.54) is 12.1 Å². The Labute approximate surface area is 131 Å². The van der Waals surface area contributed by atoms with E-state index in [1.54, 1.807) is 6.20 Å². The van der Waals surface area contributed by atoms with Gasteiger partial charge in [-0.15, -0.1) is 0 Å². The number of aromatic amines is 1. The molecule has 23 heavy (non-hydrogen) atoms. The van der Waals surface area contributed by atoms with E-state index in [1.807, 2.05) is 42.6 Å². The number of rotatable bonds is 2. The second-order valence-electron chi connectivity index (χ2n) is 5.30. The lowest BCUT2D eigenvalue weighted by Gasteiger charge is -2.06. The second kappa shape index (κ2) is 5.32. The largest absolute Gasteiger partial charge is 0.361 e. The van der Waals surface area contributed by atoms with Gasteiger partial charge in [0.2, 0.25) is 0 Å². The van der Waals surface area contributed by atoms with E-state index in [4.69, 9.17) is 0 Å². The molecule has 1 N–H and O–H groups in total. The third kappa shape index (κ3) is 2.38. The van der Waals surface area contributed by atoms with Crippen LogP contribution in [0.25, 0.3) is 33.3 Å². The molecule has 0 bridgehead atoms. The topological polar surface area (TPSA) is 28.7 Å². The first-order chi connectivity index (χ1) is 11.2. The molecule has 4 aromatic rings. The first kappa shape index (κ1) is 13.6. The number of aromatic nitrogens is 2. The molecule has 0 radical (unpaired) electrons. The van der Waals surface area contributed by atoms with Crippen molar-refractivity contribution in [3.63, 3.8) is 0 Å². The van der Waals surface area contributed by atoms with Gasteiger partial charge >= 0.3 is 0 Å². The van der Waals surface area contributed by atoms with Gasteiger partial charge in [0.25, 0.3) is 0 Å². The van der Waals surface area contributed by atoms with E-state index >= 15 is 0 Å². The van der Waals surface area contributed by atoms with E-state index < -0.39 is 11.6 Å². The Bertz CT molecular complexity index is 1010. The van der Waals surface area contributed by atoms with E-state index in [0.29, 0.717) is 5.69 Å². The number of para-hydroxylation sites is 1. The average Bonchev–Trinajstić information content (AvgIpc) is 2.99. The van der Waals surface area contributed by atoms with Crippen molar-refractivity contribution in [3.05, 3.63) is 78.6 Å². The number of pyridine rings is 1. The molecule has 2 nitrogen and oxygen atoms in total. The lowest BCUT2D eigenvalue weighted by molar-refractivity contribution is 0.585. The summed E-state index contributed by atoms with van der Waals surface area (Å²) in [4.78, 5) is 7.44. The Morgan fingerprint density at radius 1 is 0.870 bits per heavy atom. The summed E-state index contributed by atoms with van der Waals surface area (Å²) in [6.45, 7) is 0. The number of fused-ring (bicyclic) bond motifs is 1. The third-order valence-corrected chi connectivity index (χ3v) is 3.87. The number of hydrogen-bond acceptors (Lipinski definition) is 1. The lowest BCUT2D eigenvalue weighted by atomic mass is 10.0. The van der Waals surface area contributed by atoms with Crippen molar-refractivity contribution >= 4 is 10.9 Å². The molecule has 4 heteroatoms. The van der Waals surface area contributed by atoms with Gasteiger partial charge in [-0.05, 0) is 35.9 Å². The van der Waals surface area contributed by atoms with Crippen LogP contribution in [0.5, 0.6) is 0 Å². The van der Waals surface area contributed by atoms with Gasteiger partial charge in [-0.2, -0.15) is 0 Å². The number of halogens is 2. The minimum absolute atomic E-state index is 0.285. The second-order valence-corrected chi connectivity index (χ2v) is 5.30. The van der Waals surface area contributed by atoms with Gasteiger partial charge in [-0.25, -0.2) is 8.78 Å².